The van der Waals surface area contributed by atoms with Crippen molar-refractivity contribution >= 4 is 28.7 Å². The zero-order valence-corrected chi connectivity index (χ0v) is 15.7. The number of hydrogen-bond donors (Lipinski definition) is 0. The van der Waals surface area contributed by atoms with Gasteiger partial charge in [0.05, 0.1) is 6.61 Å². The van der Waals surface area contributed by atoms with E-state index in [0.717, 1.165) is 5.39 Å². The molecule has 2 heterocycles. The molecule has 4 aromatic rings. The maximum Gasteiger partial charge on any atom is 0.374 e. The molecule has 0 aliphatic carbocycles. The molecule has 28 heavy (non-hydrogen) atoms. The minimum absolute atomic E-state index is 0.175. The second-order valence-corrected chi connectivity index (χ2v) is 6.72. The van der Waals surface area contributed by atoms with Gasteiger partial charge in [0.1, 0.15) is 11.4 Å². The summed E-state index contributed by atoms with van der Waals surface area (Å²) in [5.41, 5.74) is 1.95. The Morgan fingerprint density at radius 3 is 2.68 bits per heavy atom. The number of thioether (sulfide) groups is 1. The van der Waals surface area contributed by atoms with Crippen molar-refractivity contribution in [2.75, 3.05) is 6.61 Å². The van der Waals surface area contributed by atoms with Crippen molar-refractivity contribution < 1.29 is 22.8 Å². The number of rotatable bonds is 6. The van der Waals surface area contributed by atoms with Crippen LogP contribution in [0.1, 0.15) is 23.0 Å². The van der Waals surface area contributed by atoms with E-state index in [1.807, 2.05) is 18.2 Å². The van der Waals surface area contributed by atoms with E-state index in [1.54, 1.807) is 25.1 Å². The zero-order chi connectivity index (χ0) is 19.5. The van der Waals surface area contributed by atoms with Gasteiger partial charge in [-0.25, -0.2) is 9.18 Å². The molecule has 0 aliphatic heterocycles. The molecule has 4 rings (SSSR count). The molecule has 8 heteroatoms. The highest BCUT2D eigenvalue weighted by Gasteiger charge is 2.22. The van der Waals surface area contributed by atoms with Crippen LogP contribution in [0.5, 0.6) is 0 Å². The lowest BCUT2D eigenvalue weighted by Gasteiger charge is -2.01. The lowest BCUT2D eigenvalue weighted by atomic mass is 10.1. The molecule has 2 aromatic heterocycles. The highest BCUT2D eigenvalue weighted by molar-refractivity contribution is 7.98. The first-order valence-corrected chi connectivity index (χ1v) is 9.54. The summed E-state index contributed by atoms with van der Waals surface area (Å²) < 4.78 is 29.5. The first-order chi connectivity index (χ1) is 13.7. The zero-order valence-electron chi connectivity index (χ0n) is 14.8. The fourth-order valence-electron chi connectivity index (χ4n) is 2.71. The first kappa shape index (κ1) is 18.2. The van der Waals surface area contributed by atoms with Crippen LogP contribution in [0.15, 0.2) is 62.6 Å². The van der Waals surface area contributed by atoms with E-state index < -0.39 is 5.97 Å². The SMILES string of the molecule is CCOC(=O)c1oc2ccccc2c1CSc1nnc(-c2ccc(F)cc2)o1. The molecule has 0 N–H and O–H groups in total. The lowest BCUT2D eigenvalue weighted by molar-refractivity contribution is 0.0491. The number of halogens is 1. The topological polar surface area (TPSA) is 78.4 Å². The van der Waals surface area contributed by atoms with Crippen molar-refractivity contribution in [3.8, 4) is 11.5 Å². The fraction of sp³-hybridized carbons (Fsp3) is 0.150. The van der Waals surface area contributed by atoms with E-state index in [9.17, 15) is 9.18 Å². The van der Waals surface area contributed by atoms with Crippen LogP contribution >= 0.6 is 11.8 Å². The molecule has 0 unspecified atom stereocenters. The number of carbonyl (C=O) groups is 1. The van der Waals surface area contributed by atoms with Gasteiger partial charge in [-0.15, -0.1) is 10.2 Å². The van der Waals surface area contributed by atoms with Gasteiger partial charge in [-0.3, -0.25) is 0 Å². The molecule has 0 bridgehead atoms. The fourth-order valence-corrected chi connectivity index (χ4v) is 3.51. The summed E-state index contributed by atoms with van der Waals surface area (Å²) in [4.78, 5) is 12.3. The summed E-state index contributed by atoms with van der Waals surface area (Å²) in [7, 11) is 0. The van der Waals surface area contributed by atoms with E-state index in [4.69, 9.17) is 13.6 Å². The number of fused-ring (bicyclic) bond motifs is 1. The summed E-state index contributed by atoms with van der Waals surface area (Å²) >= 11 is 1.28. The van der Waals surface area contributed by atoms with Gasteiger partial charge in [0.2, 0.25) is 11.7 Å². The Labute approximate surface area is 163 Å². The van der Waals surface area contributed by atoms with Crippen molar-refractivity contribution in [2.24, 2.45) is 0 Å². The van der Waals surface area contributed by atoms with Crippen LogP contribution < -0.4 is 0 Å². The molecule has 0 aliphatic rings. The van der Waals surface area contributed by atoms with Gasteiger partial charge in [0.15, 0.2) is 0 Å². The molecule has 2 aromatic carbocycles. The number of carbonyl (C=O) groups excluding carboxylic acids is 1. The summed E-state index contributed by atoms with van der Waals surface area (Å²) in [6.45, 7) is 2.00. The van der Waals surface area contributed by atoms with Gasteiger partial charge in [-0.1, -0.05) is 30.0 Å². The summed E-state index contributed by atoms with van der Waals surface area (Å²) in [6, 6.07) is 13.2. The number of esters is 1. The minimum atomic E-state index is -0.508. The van der Waals surface area contributed by atoms with Gasteiger partial charge < -0.3 is 13.6 Å². The van der Waals surface area contributed by atoms with Gasteiger partial charge >= 0.3 is 5.97 Å². The predicted octanol–water partition coefficient (Wildman–Crippen LogP) is 5.09. The van der Waals surface area contributed by atoms with E-state index in [2.05, 4.69) is 10.2 Å². The number of nitrogens with zero attached hydrogens (tertiary/aromatic N) is 2. The Morgan fingerprint density at radius 2 is 1.89 bits per heavy atom. The molecular formula is C20H15FN2O4S. The molecule has 0 spiro atoms. The van der Waals surface area contributed by atoms with Crippen molar-refractivity contribution in [1.82, 2.24) is 10.2 Å². The third kappa shape index (κ3) is 3.63. The van der Waals surface area contributed by atoms with Crippen molar-refractivity contribution in [3.05, 3.63) is 65.7 Å². The Bertz CT molecular complexity index is 1120. The number of para-hydroxylation sites is 1. The number of aromatic nitrogens is 2. The highest BCUT2D eigenvalue weighted by atomic mass is 32.2. The van der Waals surface area contributed by atoms with Crippen molar-refractivity contribution in [2.45, 2.75) is 17.9 Å². The maximum absolute atomic E-state index is 13.1. The number of hydrogen-bond acceptors (Lipinski definition) is 7. The maximum atomic E-state index is 13.1. The average molecular weight is 398 g/mol. The summed E-state index contributed by atoms with van der Waals surface area (Å²) in [5.74, 6) is 0.0120. The van der Waals surface area contributed by atoms with Crippen LogP contribution in [0.25, 0.3) is 22.4 Å². The van der Waals surface area contributed by atoms with Gasteiger partial charge in [-0.05, 0) is 37.3 Å². The van der Waals surface area contributed by atoms with Crippen LogP contribution in [0.3, 0.4) is 0 Å². The standard InChI is InChI=1S/C20H15FN2O4S/c1-2-25-19(24)17-15(14-5-3-4-6-16(14)26-17)11-28-20-23-22-18(27-20)12-7-9-13(21)10-8-12/h3-10H,2,11H2,1H3. The van der Waals surface area contributed by atoms with Crippen molar-refractivity contribution in [3.63, 3.8) is 0 Å². The van der Waals surface area contributed by atoms with Crippen LogP contribution in [0.4, 0.5) is 4.39 Å². The molecule has 0 amide bonds. The molecule has 142 valence electrons. The largest absolute Gasteiger partial charge is 0.460 e. The normalized spacial score (nSPS) is 11.1. The number of benzene rings is 2. The minimum Gasteiger partial charge on any atom is -0.460 e. The second-order valence-electron chi connectivity index (χ2n) is 5.80. The highest BCUT2D eigenvalue weighted by Crippen LogP contribution is 2.33. The molecule has 0 saturated heterocycles. The Hall–Kier alpha value is -3.13. The smallest absolute Gasteiger partial charge is 0.374 e. The molecular weight excluding hydrogens is 383 g/mol. The van der Waals surface area contributed by atoms with E-state index in [0.29, 0.717) is 33.6 Å². The van der Waals surface area contributed by atoms with Crippen molar-refractivity contribution in [1.29, 1.82) is 0 Å². The van der Waals surface area contributed by atoms with Crippen LogP contribution in [0, 0.1) is 5.82 Å². The predicted molar refractivity (Wildman–Crippen MR) is 101 cm³/mol. The van der Waals surface area contributed by atoms with Gasteiger partial charge in [-0.2, -0.15) is 0 Å². The lowest BCUT2D eigenvalue weighted by Crippen LogP contribution is -2.05. The second kappa shape index (κ2) is 7.85. The van der Waals surface area contributed by atoms with Gasteiger partial charge in [0.25, 0.3) is 5.22 Å². The van der Waals surface area contributed by atoms with Crippen LogP contribution in [-0.2, 0) is 10.5 Å². The van der Waals surface area contributed by atoms with Crippen LogP contribution in [0.2, 0.25) is 0 Å². The monoisotopic (exact) mass is 398 g/mol. The molecule has 0 radical (unpaired) electrons. The van der Waals surface area contributed by atoms with E-state index in [1.165, 1.54) is 23.9 Å². The summed E-state index contributed by atoms with van der Waals surface area (Å²) in [6.07, 6.45) is 0. The first-order valence-electron chi connectivity index (χ1n) is 8.55. The van der Waals surface area contributed by atoms with Gasteiger partial charge in [0, 0.05) is 22.3 Å². The quantitative estimate of drug-likeness (QED) is 0.331. The summed E-state index contributed by atoms with van der Waals surface area (Å²) in [5, 5.41) is 9.16. The Balaban J connectivity index is 1.58. The Morgan fingerprint density at radius 1 is 1.11 bits per heavy atom. The number of furan rings is 1. The molecule has 0 fully saturated rings. The third-order valence-electron chi connectivity index (χ3n) is 4.00. The molecule has 6 nitrogen and oxygen atoms in total. The molecule has 0 atom stereocenters. The van der Waals surface area contributed by atoms with Crippen LogP contribution in [-0.4, -0.2) is 22.8 Å². The molecule has 0 saturated carbocycles. The number of ether oxygens (including phenoxy) is 1. The van der Waals surface area contributed by atoms with E-state index in [-0.39, 0.29) is 18.2 Å². The Kier molecular flexibility index (Phi) is 5.12. The average Bonchev–Trinajstić information content (AvgIpc) is 3.32. The van der Waals surface area contributed by atoms with E-state index >= 15 is 0 Å². The third-order valence-corrected chi connectivity index (χ3v) is 4.84.